The molecule has 0 aliphatic carbocycles. The van der Waals surface area contributed by atoms with Crippen LogP contribution in [0.5, 0.6) is 0 Å². The number of rotatable bonds is 4. The van der Waals surface area contributed by atoms with Crippen LogP contribution in [0.15, 0.2) is 30.3 Å². The summed E-state index contributed by atoms with van der Waals surface area (Å²) in [7, 11) is 0. The summed E-state index contributed by atoms with van der Waals surface area (Å²) in [4.78, 5) is 14.7. The van der Waals surface area contributed by atoms with Gasteiger partial charge >= 0.3 is 0 Å². The number of benzene rings is 1. The molecule has 3 rings (SSSR count). The third-order valence-corrected chi connectivity index (χ3v) is 4.81. The van der Waals surface area contributed by atoms with E-state index in [9.17, 15) is 4.79 Å². The van der Waals surface area contributed by atoms with Crippen LogP contribution in [0, 0.1) is 0 Å². The Hall–Kier alpha value is -0.810. The Morgan fingerprint density at radius 3 is 2.42 bits per heavy atom. The van der Waals surface area contributed by atoms with Crippen LogP contribution in [0.3, 0.4) is 0 Å². The number of amides is 1. The second-order valence-electron chi connectivity index (χ2n) is 6.55. The molecule has 0 bridgehead atoms. The van der Waals surface area contributed by atoms with Crippen LogP contribution < -0.4 is 10.6 Å². The van der Waals surface area contributed by atoms with Gasteiger partial charge in [0.1, 0.15) is 0 Å². The Balaban J connectivity index is 0.00000144. The average molecular weight is 374 g/mol. The predicted molar refractivity (Wildman–Crippen MR) is 103 cm³/mol. The topological polar surface area (TPSA) is 44.4 Å². The molecule has 2 N–H and O–H groups in total. The fourth-order valence-electron chi connectivity index (χ4n) is 3.45. The van der Waals surface area contributed by atoms with Gasteiger partial charge in [-0.05, 0) is 37.8 Å². The molecular weight excluding hydrogens is 345 g/mol. The van der Waals surface area contributed by atoms with E-state index in [2.05, 4.69) is 45.9 Å². The molecule has 0 saturated carbocycles. The second-order valence-corrected chi connectivity index (χ2v) is 6.55. The molecule has 2 saturated heterocycles. The zero-order chi connectivity index (χ0) is 15.2. The lowest BCUT2D eigenvalue weighted by molar-refractivity contribution is -0.124. The number of nitrogens with one attached hydrogen (secondary N) is 2. The maximum atomic E-state index is 12.3. The van der Waals surface area contributed by atoms with Gasteiger partial charge in [0, 0.05) is 25.7 Å². The van der Waals surface area contributed by atoms with Gasteiger partial charge in [0.15, 0.2) is 0 Å². The molecular formula is C18H29Cl2N3O. The Labute approximate surface area is 157 Å². The normalized spacial score (nSPS) is 22.1. The van der Waals surface area contributed by atoms with Crippen molar-refractivity contribution in [2.24, 2.45) is 0 Å². The van der Waals surface area contributed by atoms with Gasteiger partial charge in [0.05, 0.1) is 6.04 Å². The lowest BCUT2D eigenvalue weighted by Crippen LogP contribution is -2.52. The molecule has 0 radical (unpaired) electrons. The van der Waals surface area contributed by atoms with Crippen LogP contribution >= 0.6 is 24.8 Å². The number of carbonyl (C=O) groups is 1. The van der Waals surface area contributed by atoms with Gasteiger partial charge in [-0.3, -0.25) is 9.69 Å². The molecule has 136 valence electrons. The van der Waals surface area contributed by atoms with Crippen LogP contribution in [0.1, 0.15) is 37.7 Å². The molecule has 1 aromatic rings. The number of nitrogens with zero attached hydrogens (tertiary/aromatic N) is 1. The van der Waals surface area contributed by atoms with Crippen molar-refractivity contribution in [1.29, 1.82) is 0 Å². The molecule has 1 aromatic carbocycles. The first-order chi connectivity index (χ1) is 10.8. The molecule has 1 amide bonds. The third-order valence-electron chi connectivity index (χ3n) is 4.81. The highest BCUT2D eigenvalue weighted by atomic mass is 35.5. The van der Waals surface area contributed by atoms with E-state index in [1.54, 1.807) is 0 Å². The first kappa shape index (κ1) is 21.2. The van der Waals surface area contributed by atoms with E-state index in [1.165, 1.54) is 18.4 Å². The molecule has 2 aliphatic rings. The number of likely N-dealkylation sites (tertiary alicyclic amines) is 1. The molecule has 1 atom stereocenters. The highest BCUT2D eigenvalue weighted by molar-refractivity contribution is 5.85. The van der Waals surface area contributed by atoms with E-state index in [0.717, 1.165) is 45.4 Å². The number of halogens is 2. The molecule has 4 nitrogen and oxygen atoms in total. The average Bonchev–Trinajstić information content (AvgIpc) is 2.58. The van der Waals surface area contributed by atoms with Crippen molar-refractivity contribution in [1.82, 2.24) is 15.5 Å². The van der Waals surface area contributed by atoms with Crippen LogP contribution in [0.25, 0.3) is 0 Å². The number of piperidine rings is 2. The van der Waals surface area contributed by atoms with Crippen molar-refractivity contribution in [3.63, 3.8) is 0 Å². The van der Waals surface area contributed by atoms with Crippen LogP contribution in [-0.2, 0) is 11.3 Å². The summed E-state index contributed by atoms with van der Waals surface area (Å²) in [5, 5.41) is 6.57. The lowest BCUT2D eigenvalue weighted by Gasteiger charge is -2.33. The van der Waals surface area contributed by atoms with E-state index in [0.29, 0.717) is 6.04 Å². The smallest absolute Gasteiger partial charge is 0.237 e. The lowest BCUT2D eigenvalue weighted by atomic mass is 10.0. The van der Waals surface area contributed by atoms with Crippen molar-refractivity contribution in [2.45, 2.75) is 50.7 Å². The standard InChI is InChI=1S/C18H27N3O.2ClH/c22-18(17-8-4-5-11-19-17)20-16-9-12-21(13-10-16)14-15-6-2-1-3-7-15;;/h1-3,6-7,16-17,19H,4-5,8-14H2,(H,20,22);2*1H/t17-;;/m0../s1. The fraction of sp³-hybridized carbons (Fsp3) is 0.611. The van der Waals surface area contributed by atoms with E-state index < -0.39 is 0 Å². The molecule has 2 aliphatic heterocycles. The van der Waals surface area contributed by atoms with Crippen molar-refractivity contribution < 1.29 is 4.79 Å². The summed E-state index contributed by atoms with van der Waals surface area (Å²) in [5.41, 5.74) is 1.37. The fourth-order valence-corrected chi connectivity index (χ4v) is 3.45. The minimum absolute atomic E-state index is 0. The quantitative estimate of drug-likeness (QED) is 0.852. The van der Waals surface area contributed by atoms with Crippen LogP contribution in [0.4, 0.5) is 0 Å². The van der Waals surface area contributed by atoms with E-state index in [-0.39, 0.29) is 36.8 Å². The Morgan fingerprint density at radius 2 is 1.79 bits per heavy atom. The minimum atomic E-state index is 0. The van der Waals surface area contributed by atoms with Crippen LogP contribution in [0.2, 0.25) is 0 Å². The Bertz CT molecular complexity index is 472. The number of carbonyl (C=O) groups excluding carboxylic acids is 1. The van der Waals surface area contributed by atoms with Gasteiger partial charge in [0.25, 0.3) is 0 Å². The zero-order valence-electron chi connectivity index (χ0n) is 14.1. The first-order valence-corrected chi connectivity index (χ1v) is 8.61. The summed E-state index contributed by atoms with van der Waals surface area (Å²) in [5.74, 6) is 0.209. The summed E-state index contributed by atoms with van der Waals surface area (Å²) in [6.07, 6.45) is 5.47. The largest absolute Gasteiger partial charge is 0.352 e. The number of hydrogen-bond acceptors (Lipinski definition) is 3. The summed E-state index contributed by atoms with van der Waals surface area (Å²) >= 11 is 0. The summed E-state index contributed by atoms with van der Waals surface area (Å²) in [6, 6.07) is 11.0. The minimum Gasteiger partial charge on any atom is -0.352 e. The molecule has 2 heterocycles. The molecule has 6 heteroatoms. The Kier molecular flexibility index (Phi) is 9.67. The third kappa shape index (κ3) is 6.25. The van der Waals surface area contributed by atoms with Crippen molar-refractivity contribution in [3.8, 4) is 0 Å². The van der Waals surface area contributed by atoms with Crippen molar-refractivity contribution >= 4 is 30.7 Å². The summed E-state index contributed by atoms with van der Waals surface area (Å²) in [6.45, 7) is 4.13. The number of hydrogen-bond donors (Lipinski definition) is 2. The molecule has 0 unspecified atom stereocenters. The van der Waals surface area contributed by atoms with Crippen molar-refractivity contribution in [2.75, 3.05) is 19.6 Å². The highest BCUT2D eigenvalue weighted by Gasteiger charge is 2.25. The van der Waals surface area contributed by atoms with Gasteiger partial charge in [-0.25, -0.2) is 0 Å². The summed E-state index contributed by atoms with van der Waals surface area (Å²) < 4.78 is 0. The molecule has 24 heavy (non-hydrogen) atoms. The maximum Gasteiger partial charge on any atom is 0.237 e. The van der Waals surface area contributed by atoms with E-state index >= 15 is 0 Å². The second kappa shape index (κ2) is 10.9. The zero-order valence-corrected chi connectivity index (χ0v) is 15.7. The van der Waals surface area contributed by atoms with E-state index in [4.69, 9.17) is 0 Å². The van der Waals surface area contributed by atoms with Gasteiger partial charge < -0.3 is 10.6 Å². The molecule has 0 spiro atoms. The van der Waals surface area contributed by atoms with Gasteiger partial charge in [-0.1, -0.05) is 36.8 Å². The van der Waals surface area contributed by atoms with Gasteiger partial charge in [0.2, 0.25) is 5.91 Å². The maximum absolute atomic E-state index is 12.3. The highest BCUT2D eigenvalue weighted by Crippen LogP contribution is 2.15. The molecule has 2 fully saturated rings. The monoisotopic (exact) mass is 373 g/mol. The first-order valence-electron chi connectivity index (χ1n) is 8.61. The van der Waals surface area contributed by atoms with E-state index in [1.807, 2.05) is 0 Å². The Morgan fingerprint density at radius 1 is 1.08 bits per heavy atom. The van der Waals surface area contributed by atoms with Crippen molar-refractivity contribution in [3.05, 3.63) is 35.9 Å². The predicted octanol–water partition coefficient (Wildman–Crippen LogP) is 2.75. The molecule has 0 aromatic heterocycles. The van der Waals surface area contributed by atoms with Gasteiger partial charge in [-0.2, -0.15) is 0 Å². The van der Waals surface area contributed by atoms with Crippen LogP contribution in [-0.4, -0.2) is 42.5 Å². The van der Waals surface area contributed by atoms with Gasteiger partial charge in [-0.15, -0.1) is 24.8 Å². The SMILES string of the molecule is Cl.Cl.O=C(NC1CCN(Cc2ccccc2)CC1)[C@@H]1CCCCN1.